The Labute approximate surface area is 155 Å². The molecular formula is C18H18N2O7. The van der Waals surface area contributed by atoms with Crippen LogP contribution in [0.15, 0.2) is 30.4 Å². The van der Waals surface area contributed by atoms with Crippen molar-refractivity contribution in [3.63, 3.8) is 0 Å². The van der Waals surface area contributed by atoms with Crippen LogP contribution in [0, 0.1) is 12.3 Å². The van der Waals surface area contributed by atoms with E-state index in [4.69, 9.17) is 21.4 Å². The van der Waals surface area contributed by atoms with Gasteiger partial charge in [-0.3, -0.25) is 5.32 Å². The second-order valence-corrected chi connectivity index (χ2v) is 5.50. The number of carboxylic acid groups (broad SMARTS) is 1. The normalized spacial score (nSPS) is 15.0. The highest BCUT2D eigenvalue weighted by Crippen LogP contribution is 2.33. The first-order chi connectivity index (χ1) is 12.9. The molecule has 142 valence electrons. The molecule has 1 aromatic rings. The minimum absolute atomic E-state index is 0.00183. The molecule has 3 N–H and O–H groups in total. The summed E-state index contributed by atoms with van der Waals surface area (Å²) in [6.45, 7) is -0.608. The zero-order chi connectivity index (χ0) is 19.8. The Hall–Kier alpha value is -3.35. The molecule has 9 heteroatoms. The topological polar surface area (TPSA) is 125 Å². The summed E-state index contributed by atoms with van der Waals surface area (Å²) in [5, 5.41) is 20.5. The van der Waals surface area contributed by atoms with E-state index >= 15 is 0 Å². The van der Waals surface area contributed by atoms with Gasteiger partial charge in [0, 0.05) is 18.2 Å². The van der Waals surface area contributed by atoms with Gasteiger partial charge in [0.1, 0.15) is 5.75 Å². The number of terminal acetylenes is 1. The monoisotopic (exact) mass is 374 g/mol. The Morgan fingerprint density at radius 2 is 2.07 bits per heavy atom. The number of amides is 1. The van der Waals surface area contributed by atoms with E-state index in [1.807, 2.05) is 6.07 Å². The third kappa shape index (κ3) is 5.57. The summed E-state index contributed by atoms with van der Waals surface area (Å²) in [7, 11) is 0. The number of nitrogens with zero attached hydrogens (tertiary/aromatic N) is 1. The van der Waals surface area contributed by atoms with E-state index in [2.05, 4.69) is 16.1 Å². The highest BCUT2D eigenvalue weighted by atomic mass is 16.7. The molecule has 1 aromatic carbocycles. The van der Waals surface area contributed by atoms with Crippen molar-refractivity contribution < 1.29 is 34.2 Å². The maximum atomic E-state index is 11.8. The Kier molecular flexibility index (Phi) is 6.93. The van der Waals surface area contributed by atoms with Crippen molar-refractivity contribution in [1.82, 2.24) is 10.4 Å². The average molecular weight is 374 g/mol. The largest absolute Gasteiger partial charge is 0.463 e. The SMILES string of the molecule is C#CCN[C@@H]1CCc2ccc(OC(=O)/C=C/C(=O)ON(CO)C(=O)O)cc21. The number of esters is 1. The minimum atomic E-state index is -1.66. The molecule has 9 nitrogen and oxygen atoms in total. The van der Waals surface area contributed by atoms with E-state index in [9.17, 15) is 14.4 Å². The van der Waals surface area contributed by atoms with E-state index < -0.39 is 24.8 Å². The molecule has 2 rings (SSSR count). The maximum absolute atomic E-state index is 11.8. The van der Waals surface area contributed by atoms with Crippen LogP contribution in [0.4, 0.5) is 4.79 Å². The van der Waals surface area contributed by atoms with Crippen molar-refractivity contribution >= 4 is 18.0 Å². The van der Waals surface area contributed by atoms with E-state index in [0.29, 0.717) is 18.4 Å². The van der Waals surface area contributed by atoms with Crippen LogP contribution in [0.2, 0.25) is 0 Å². The predicted molar refractivity (Wildman–Crippen MR) is 92.2 cm³/mol. The van der Waals surface area contributed by atoms with Gasteiger partial charge >= 0.3 is 18.0 Å². The molecule has 0 saturated heterocycles. The molecule has 0 saturated carbocycles. The van der Waals surface area contributed by atoms with E-state index in [1.54, 1.807) is 12.1 Å². The lowest BCUT2D eigenvalue weighted by molar-refractivity contribution is -0.186. The number of ether oxygens (including phenoxy) is 1. The summed E-state index contributed by atoms with van der Waals surface area (Å²) in [6.07, 6.45) is 6.87. The molecule has 27 heavy (non-hydrogen) atoms. The van der Waals surface area contributed by atoms with Gasteiger partial charge in [-0.2, -0.15) is 0 Å². The predicted octanol–water partition coefficient (Wildman–Crippen LogP) is 0.746. The third-order valence-electron chi connectivity index (χ3n) is 3.76. The number of aryl methyl sites for hydroxylation is 1. The van der Waals surface area contributed by atoms with Crippen molar-refractivity contribution in [2.75, 3.05) is 13.3 Å². The summed E-state index contributed by atoms with van der Waals surface area (Å²) in [4.78, 5) is 38.1. The van der Waals surface area contributed by atoms with Crippen molar-refractivity contribution in [1.29, 1.82) is 0 Å². The average Bonchev–Trinajstić information content (AvgIpc) is 3.04. The quantitative estimate of drug-likeness (QED) is 0.166. The first-order valence-corrected chi connectivity index (χ1v) is 7.97. The van der Waals surface area contributed by atoms with E-state index in [-0.39, 0.29) is 11.1 Å². The number of carbonyl (C=O) groups is 3. The molecule has 1 atom stereocenters. The number of hydroxylamine groups is 2. The lowest BCUT2D eigenvalue weighted by atomic mass is 10.1. The second kappa shape index (κ2) is 9.38. The lowest BCUT2D eigenvalue weighted by Gasteiger charge is -2.13. The molecule has 0 aromatic heterocycles. The number of carbonyl (C=O) groups excluding carboxylic acids is 2. The number of aliphatic hydroxyl groups excluding tert-OH is 1. The molecule has 0 heterocycles. The molecule has 1 amide bonds. The number of fused-ring (bicyclic) bond motifs is 1. The van der Waals surface area contributed by atoms with Gasteiger partial charge in [-0.15, -0.1) is 11.5 Å². The Morgan fingerprint density at radius 3 is 2.74 bits per heavy atom. The van der Waals surface area contributed by atoms with Gasteiger partial charge in [0.05, 0.1) is 6.54 Å². The fourth-order valence-corrected chi connectivity index (χ4v) is 2.59. The number of nitrogens with one attached hydrogen (secondary N) is 1. The highest BCUT2D eigenvalue weighted by Gasteiger charge is 2.22. The van der Waals surface area contributed by atoms with Crippen molar-refractivity contribution in [2.24, 2.45) is 0 Å². The smallest absolute Gasteiger partial charge is 0.443 e. The third-order valence-corrected chi connectivity index (χ3v) is 3.76. The van der Waals surface area contributed by atoms with Crippen LogP contribution in [0.1, 0.15) is 23.6 Å². The van der Waals surface area contributed by atoms with Crippen LogP contribution in [0.25, 0.3) is 0 Å². The van der Waals surface area contributed by atoms with Crippen LogP contribution in [0.3, 0.4) is 0 Å². The van der Waals surface area contributed by atoms with E-state index in [0.717, 1.165) is 30.0 Å². The maximum Gasteiger partial charge on any atom is 0.443 e. The van der Waals surface area contributed by atoms with Crippen molar-refractivity contribution in [2.45, 2.75) is 18.9 Å². The molecular weight excluding hydrogens is 356 g/mol. The second-order valence-electron chi connectivity index (χ2n) is 5.50. The number of benzene rings is 1. The highest BCUT2D eigenvalue weighted by molar-refractivity contribution is 5.92. The first kappa shape index (κ1) is 20.0. The van der Waals surface area contributed by atoms with Crippen molar-refractivity contribution in [3.05, 3.63) is 41.5 Å². The number of rotatable bonds is 6. The van der Waals surface area contributed by atoms with Crippen LogP contribution >= 0.6 is 0 Å². The zero-order valence-electron chi connectivity index (χ0n) is 14.3. The fourth-order valence-electron chi connectivity index (χ4n) is 2.59. The number of hydrogen-bond acceptors (Lipinski definition) is 7. The summed E-state index contributed by atoms with van der Waals surface area (Å²) >= 11 is 0. The van der Waals surface area contributed by atoms with Gasteiger partial charge in [-0.1, -0.05) is 12.0 Å². The molecule has 0 unspecified atom stereocenters. The van der Waals surface area contributed by atoms with Gasteiger partial charge < -0.3 is 19.8 Å². The Bertz CT molecular complexity index is 797. The number of aliphatic hydroxyl groups is 1. The standard InChI is InChI=1S/C18H18N2O7/c1-2-9-19-15-6-4-12-3-5-13(10-14(12)15)26-16(22)7-8-17(23)27-20(11-21)18(24)25/h1,3,5,7-8,10,15,19,21H,4,6,9,11H2,(H,24,25)/b8-7+/t15-/m1/s1. The molecule has 0 aliphatic heterocycles. The molecule has 0 spiro atoms. The van der Waals surface area contributed by atoms with Gasteiger partial charge in [-0.25, -0.2) is 14.4 Å². The van der Waals surface area contributed by atoms with Crippen LogP contribution < -0.4 is 10.1 Å². The molecule has 1 aliphatic rings. The van der Waals surface area contributed by atoms with E-state index in [1.165, 1.54) is 0 Å². The fraction of sp³-hybridized carbons (Fsp3) is 0.278. The van der Waals surface area contributed by atoms with Crippen LogP contribution in [-0.2, 0) is 20.8 Å². The summed E-state index contributed by atoms with van der Waals surface area (Å²) < 4.78 is 5.14. The lowest BCUT2D eigenvalue weighted by Crippen LogP contribution is -2.32. The van der Waals surface area contributed by atoms with Crippen molar-refractivity contribution in [3.8, 4) is 18.1 Å². The van der Waals surface area contributed by atoms with Gasteiger partial charge in [0.15, 0.2) is 6.73 Å². The minimum Gasteiger partial charge on any atom is -0.463 e. The van der Waals surface area contributed by atoms with Gasteiger partial charge in [-0.05, 0) is 36.1 Å². The molecule has 1 aliphatic carbocycles. The van der Waals surface area contributed by atoms with Gasteiger partial charge in [0.25, 0.3) is 0 Å². The molecule has 0 fully saturated rings. The first-order valence-electron chi connectivity index (χ1n) is 7.97. The number of hydrogen-bond donors (Lipinski definition) is 3. The summed E-state index contributed by atoms with van der Waals surface area (Å²) in [6, 6.07) is 5.32. The summed E-state index contributed by atoms with van der Waals surface area (Å²) in [5.41, 5.74) is 2.14. The Balaban J connectivity index is 1.95. The summed E-state index contributed by atoms with van der Waals surface area (Å²) in [5.74, 6) is 0.818. The zero-order valence-corrected chi connectivity index (χ0v) is 14.3. The molecule has 0 radical (unpaired) electrons. The Morgan fingerprint density at radius 1 is 1.33 bits per heavy atom. The van der Waals surface area contributed by atoms with Crippen LogP contribution in [-0.4, -0.2) is 46.6 Å². The van der Waals surface area contributed by atoms with Crippen LogP contribution in [0.5, 0.6) is 5.75 Å². The van der Waals surface area contributed by atoms with Gasteiger partial charge in [0.2, 0.25) is 0 Å². The molecule has 0 bridgehead atoms.